The SMILES string of the molecule is O=C(O)c1cc(C2SCCS2)ccc1-c1ccccc1. The van der Waals surface area contributed by atoms with Gasteiger partial charge in [0, 0.05) is 11.5 Å². The van der Waals surface area contributed by atoms with E-state index >= 15 is 0 Å². The Morgan fingerprint density at radius 1 is 1.05 bits per heavy atom. The molecular formula is C16H14O2S2. The van der Waals surface area contributed by atoms with Crippen LogP contribution in [-0.4, -0.2) is 22.6 Å². The Bertz CT molecular complexity index is 620. The predicted octanol–water partition coefficient (Wildman–Crippen LogP) is 4.53. The summed E-state index contributed by atoms with van der Waals surface area (Å²) in [5.41, 5.74) is 3.23. The van der Waals surface area contributed by atoms with Crippen molar-refractivity contribution in [2.75, 3.05) is 11.5 Å². The molecular weight excluding hydrogens is 288 g/mol. The van der Waals surface area contributed by atoms with Crippen LogP contribution in [0, 0.1) is 0 Å². The minimum absolute atomic E-state index is 0.373. The van der Waals surface area contributed by atoms with E-state index < -0.39 is 5.97 Å². The lowest BCUT2D eigenvalue weighted by Crippen LogP contribution is -2.01. The summed E-state index contributed by atoms with van der Waals surface area (Å²) < 4.78 is 0.373. The normalized spacial score (nSPS) is 15.4. The molecule has 0 bridgehead atoms. The van der Waals surface area contributed by atoms with E-state index in [4.69, 9.17) is 0 Å². The molecule has 1 aliphatic rings. The van der Waals surface area contributed by atoms with Gasteiger partial charge in [-0.25, -0.2) is 4.79 Å². The van der Waals surface area contributed by atoms with Gasteiger partial charge in [0.25, 0.3) is 0 Å². The van der Waals surface area contributed by atoms with Gasteiger partial charge in [-0.05, 0) is 22.8 Å². The highest BCUT2D eigenvalue weighted by Crippen LogP contribution is 2.45. The highest BCUT2D eigenvalue weighted by Gasteiger charge is 2.21. The first-order valence-electron chi connectivity index (χ1n) is 6.41. The molecule has 4 heteroatoms. The number of hydrogen-bond donors (Lipinski definition) is 1. The molecule has 2 aromatic rings. The van der Waals surface area contributed by atoms with Crippen LogP contribution in [-0.2, 0) is 0 Å². The van der Waals surface area contributed by atoms with Gasteiger partial charge in [-0.15, -0.1) is 23.5 Å². The molecule has 0 radical (unpaired) electrons. The summed E-state index contributed by atoms with van der Waals surface area (Å²) >= 11 is 3.78. The van der Waals surface area contributed by atoms with Crippen molar-refractivity contribution >= 4 is 29.5 Å². The van der Waals surface area contributed by atoms with Crippen LogP contribution in [0.15, 0.2) is 48.5 Å². The van der Waals surface area contributed by atoms with Crippen LogP contribution in [0.3, 0.4) is 0 Å². The van der Waals surface area contributed by atoms with Crippen molar-refractivity contribution in [3.63, 3.8) is 0 Å². The molecule has 2 aromatic carbocycles. The summed E-state index contributed by atoms with van der Waals surface area (Å²) in [4.78, 5) is 11.5. The molecule has 0 aromatic heterocycles. The van der Waals surface area contributed by atoms with Gasteiger partial charge in [-0.2, -0.15) is 0 Å². The van der Waals surface area contributed by atoms with E-state index in [1.165, 1.54) is 0 Å². The maximum Gasteiger partial charge on any atom is 0.336 e. The van der Waals surface area contributed by atoms with Crippen molar-refractivity contribution in [3.05, 3.63) is 59.7 Å². The molecule has 2 nitrogen and oxygen atoms in total. The van der Waals surface area contributed by atoms with Crippen molar-refractivity contribution in [1.29, 1.82) is 0 Å². The van der Waals surface area contributed by atoms with Gasteiger partial charge < -0.3 is 5.11 Å². The lowest BCUT2D eigenvalue weighted by molar-refractivity contribution is 0.0697. The number of carbonyl (C=O) groups is 1. The molecule has 1 fully saturated rings. The fraction of sp³-hybridized carbons (Fsp3) is 0.188. The van der Waals surface area contributed by atoms with E-state index in [1.54, 1.807) is 0 Å². The molecule has 0 unspecified atom stereocenters. The number of carboxylic acid groups (broad SMARTS) is 1. The van der Waals surface area contributed by atoms with Crippen LogP contribution in [0.2, 0.25) is 0 Å². The molecule has 1 aliphatic heterocycles. The summed E-state index contributed by atoms with van der Waals surface area (Å²) in [7, 11) is 0. The van der Waals surface area contributed by atoms with Crippen LogP contribution in [0.25, 0.3) is 11.1 Å². The van der Waals surface area contributed by atoms with Gasteiger partial charge in [-0.3, -0.25) is 0 Å². The van der Waals surface area contributed by atoms with Crippen molar-refractivity contribution in [2.24, 2.45) is 0 Å². The number of carboxylic acids is 1. The zero-order valence-corrected chi connectivity index (χ0v) is 12.4. The second-order valence-corrected chi connectivity index (χ2v) is 7.27. The Balaban J connectivity index is 2.05. The highest BCUT2D eigenvalue weighted by molar-refractivity contribution is 8.19. The molecule has 0 atom stereocenters. The van der Waals surface area contributed by atoms with Gasteiger partial charge in [0.2, 0.25) is 0 Å². The van der Waals surface area contributed by atoms with E-state index in [-0.39, 0.29) is 0 Å². The first kappa shape index (κ1) is 13.6. The average Bonchev–Trinajstić information content (AvgIpc) is 3.02. The third-order valence-electron chi connectivity index (χ3n) is 3.25. The molecule has 0 spiro atoms. The van der Waals surface area contributed by atoms with Crippen LogP contribution < -0.4 is 0 Å². The monoisotopic (exact) mass is 302 g/mol. The Hall–Kier alpha value is -1.39. The Morgan fingerprint density at radius 2 is 1.75 bits per heavy atom. The van der Waals surface area contributed by atoms with Crippen LogP contribution in [0.4, 0.5) is 0 Å². The summed E-state index contributed by atoms with van der Waals surface area (Å²) in [5.74, 6) is 1.41. The van der Waals surface area contributed by atoms with Crippen LogP contribution in [0.1, 0.15) is 20.5 Å². The molecule has 102 valence electrons. The molecule has 20 heavy (non-hydrogen) atoms. The topological polar surface area (TPSA) is 37.3 Å². The summed E-state index contributed by atoms with van der Waals surface area (Å²) in [6.07, 6.45) is 0. The third kappa shape index (κ3) is 2.72. The first-order valence-corrected chi connectivity index (χ1v) is 8.51. The summed E-state index contributed by atoms with van der Waals surface area (Å²) in [5, 5.41) is 9.48. The number of benzene rings is 2. The minimum atomic E-state index is -0.862. The lowest BCUT2D eigenvalue weighted by Gasteiger charge is -2.12. The molecule has 1 saturated heterocycles. The number of rotatable bonds is 3. The summed E-state index contributed by atoms with van der Waals surface area (Å²) in [6.45, 7) is 0. The van der Waals surface area contributed by atoms with E-state index in [0.717, 1.165) is 28.2 Å². The molecule has 3 rings (SSSR count). The number of aromatic carboxylic acids is 1. The Kier molecular flexibility index (Phi) is 4.03. The highest BCUT2D eigenvalue weighted by atomic mass is 32.2. The van der Waals surface area contributed by atoms with Crippen molar-refractivity contribution < 1.29 is 9.90 Å². The van der Waals surface area contributed by atoms with E-state index in [2.05, 4.69) is 6.07 Å². The van der Waals surface area contributed by atoms with Crippen LogP contribution in [0.5, 0.6) is 0 Å². The van der Waals surface area contributed by atoms with Crippen LogP contribution >= 0.6 is 23.5 Å². The first-order chi connectivity index (χ1) is 9.75. The van der Waals surface area contributed by atoms with Gasteiger partial charge in [0.1, 0.15) is 0 Å². The minimum Gasteiger partial charge on any atom is -0.478 e. The van der Waals surface area contributed by atoms with Gasteiger partial charge in [0.05, 0.1) is 10.1 Å². The molecule has 0 saturated carbocycles. The second-order valence-electron chi connectivity index (χ2n) is 4.55. The van der Waals surface area contributed by atoms with E-state index in [0.29, 0.717) is 10.1 Å². The summed E-state index contributed by atoms with van der Waals surface area (Å²) in [6, 6.07) is 15.5. The zero-order valence-electron chi connectivity index (χ0n) is 10.8. The second kappa shape index (κ2) is 5.94. The quantitative estimate of drug-likeness (QED) is 0.904. The Labute approximate surface area is 126 Å². The van der Waals surface area contributed by atoms with Gasteiger partial charge >= 0.3 is 5.97 Å². The smallest absolute Gasteiger partial charge is 0.336 e. The Morgan fingerprint density at radius 3 is 2.40 bits per heavy atom. The molecule has 0 amide bonds. The van der Waals surface area contributed by atoms with Crippen molar-refractivity contribution in [1.82, 2.24) is 0 Å². The van der Waals surface area contributed by atoms with Gasteiger partial charge in [0.15, 0.2) is 0 Å². The average molecular weight is 302 g/mol. The standard InChI is InChI=1S/C16H14O2S2/c17-15(18)14-10-12(16-19-8-9-20-16)6-7-13(14)11-4-2-1-3-5-11/h1-7,10,16H,8-9H2,(H,17,18). The van der Waals surface area contributed by atoms with E-state index in [1.807, 2.05) is 66.0 Å². The largest absolute Gasteiger partial charge is 0.478 e. The molecule has 0 aliphatic carbocycles. The maximum atomic E-state index is 11.5. The number of thioether (sulfide) groups is 2. The van der Waals surface area contributed by atoms with Crippen molar-refractivity contribution in [3.8, 4) is 11.1 Å². The fourth-order valence-electron chi connectivity index (χ4n) is 2.31. The third-order valence-corrected chi connectivity index (χ3v) is 6.36. The van der Waals surface area contributed by atoms with Crippen molar-refractivity contribution in [2.45, 2.75) is 4.58 Å². The zero-order chi connectivity index (χ0) is 13.9. The number of hydrogen-bond acceptors (Lipinski definition) is 3. The maximum absolute atomic E-state index is 11.5. The lowest BCUT2D eigenvalue weighted by atomic mass is 9.98. The van der Waals surface area contributed by atoms with E-state index in [9.17, 15) is 9.90 Å². The fourth-order valence-corrected chi connectivity index (χ4v) is 5.14. The molecule has 1 N–H and O–H groups in total. The molecule has 1 heterocycles. The van der Waals surface area contributed by atoms with Gasteiger partial charge in [-0.1, -0.05) is 42.5 Å². The predicted molar refractivity (Wildman–Crippen MR) is 86.5 cm³/mol.